The van der Waals surface area contributed by atoms with E-state index in [-0.39, 0.29) is 5.91 Å². The first-order valence-electron chi connectivity index (χ1n) is 6.53. The lowest BCUT2D eigenvalue weighted by molar-refractivity contribution is -0.153. The van der Waals surface area contributed by atoms with Crippen molar-refractivity contribution in [2.75, 3.05) is 20.2 Å². The van der Waals surface area contributed by atoms with Gasteiger partial charge in [0.15, 0.2) is 0 Å². The molecule has 0 aromatic carbocycles. The van der Waals surface area contributed by atoms with Crippen LogP contribution in [0, 0.1) is 11.3 Å². The summed E-state index contributed by atoms with van der Waals surface area (Å²) in [5.74, 6) is 0.838. The molecule has 1 heterocycles. The van der Waals surface area contributed by atoms with Crippen molar-refractivity contribution in [1.29, 1.82) is 0 Å². The van der Waals surface area contributed by atoms with Crippen molar-refractivity contribution in [1.82, 2.24) is 4.90 Å². The lowest BCUT2D eigenvalue weighted by Gasteiger charge is -2.40. The highest BCUT2D eigenvalue weighted by atomic mass is 16.5. The smallest absolute Gasteiger partial charge is 0.254 e. The third kappa shape index (κ3) is 3.44. The molecule has 0 spiro atoms. The van der Waals surface area contributed by atoms with Gasteiger partial charge in [0.05, 0.1) is 0 Å². The monoisotopic (exact) mass is 241 g/mol. The molecule has 1 fully saturated rings. The molecular formula is C14H27NO2. The number of nitrogens with zero attached hydrogens (tertiary/aromatic N) is 1. The van der Waals surface area contributed by atoms with Crippen LogP contribution in [-0.4, -0.2) is 36.6 Å². The van der Waals surface area contributed by atoms with Crippen LogP contribution < -0.4 is 0 Å². The van der Waals surface area contributed by atoms with E-state index in [9.17, 15) is 4.79 Å². The second-order valence-corrected chi connectivity index (χ2v) is 6.65. The molecule has 100 valence electrons. The standard InChI is InChI=1S/C14H27NO2/c1-13(2,3)11-7-9-15(10-8-11)12(16)14(4,5)17-6/h11H,7-10H2,1-6H3. The molecule has 1 amide bonds. The Labute approximate surface area is 106 Å². The Morgan fingerprint density at radius 2 is 1.59 bits per heavy atom. The minimum absolute atomic E-state index is 0.118. The maximum atomic E-state index is 12.2. The van der Waals surface area contributed by atoms with E-state index >= 15 is 0 Å². The van der Waals surface area contributed by atoms with E-state index in [1.54, 1.807) is 7.11 Å². The van der Waals surface area contributed by atoms with E-state index in [4.69, 9.17) is 4.74 Å². The van der Waals surface area contributed by atoms with Crippen molar-refractivity contribution in [3.05, 3.63) is 0 Å². The highest BCUT2D eigenvalue weighted by Crippen LogP contribution is 2.34. The third-order valence-electron chi connectivity index (χ3n) is 4.03. The van der Waals surface area contributed by atoms with Crippen LogP contribution in [0.3, 0.4) is 0 Å². The molecule has 1 saturated heterocycles. The second-order valence-electron chi connectivity index (χ2n) is 6.65. The van der Waals surface area contributed by atoms with Gasteiger partial charge < -0.3 is 9.64 Å². The first-order chi connectivity index (χ1) is 7.68. The summed E-state index contributed by atoms with van der Waals surface area (Å²) in [6.07, 6.45) is 2.21. The summed E-state index contributed by atoms with van der Waals surface area (Å²) in [7, 11) is 1.60. The Morgan fingerprint density at radius 3 is 1.94 bits per heavy atom. The van der Waals surface area contributed by atoms with Crippen LogP contribution in [0.4, 0.5) is 0 Å². The highest BCUT2D eigenvalue weighted by Gasteiger charge is 2.36. The van der Waals surface area contributed by atoms with Gasteiger partial charge >= 0.3 is 0 Å². The number of likely N-dealkylation sites (tertiary alicyclic amines) is 1. The Morgan fingerprint density at radius 1 is 1.12 bits per heavy atom. The van der Waals surface area contributed by atoms with Crippen LogP contribution in [-0.2, 0) is 9.53 Å². The van der Waals surface area contributed by atoms with E-state index in [2.05, 4.69) is 20.8 Å². The topological polar surface area (TPSA) is 29.5 Å². The number of methoxy groups -OCH3 is 1. The first-order valence-corrected chi connectivity index (χ1v) is 6.53. The van der Waals surface area contributed by atoms with Gasteiger partial charge in [0.25, 0.3) is 5.91 Å². The average molecular weight is 241 g/mol. The van der Waals surface area contributed by atoms with E-state index in [0.29, 0.717) is 5.41 Å². The largest absolute Gasteiger partial charge is 0.369 e. The molecule has 0 N–H and O–H groups in total. The summed E-state index contributed by atoms with van der Waals surface area (Å²) in [4.78, 5) is 14.2. The molecule has 1 aliphatic heterocycles. The number of hydrogen-bond acceptors (Lipinski definition) is 2. The molecule has 1 aliphatic rings. The van der Waals surface area contributed by atoms with Gasteiger partial charge in [0, 0.05) is 20.2 Å². The SMILES string of the molecule is COC(C)(C)C(=O)N1CCC(C(C)(C)C)CC1. The lowest BCUT2D eigenvalue weighted by atomic mass is 9.75. The number of amides is 1. The fraction of sp³-hybridized carbons (Fsp3) is 0.929. The summed E-state index contributed by atoms with van der Waals surface area (Å²) in [5.41, 5.74) is -0.333. The van der Waals surface area contributed by atoms with Gasteiger partial charge in [-0.05, 0) is 38.0 Å². The van der Waals surface area contributed by atoms with Gasteiger partial charge in [0.2, 0.25) is 0 Å². The van der Waals surface area contributed by atoms with Crippen molar-refractivity contribution in [2.45, 2.75) is 53.1 Å². The Bertz CT molecular complexity index is 270. The van der Waals surface area contributed by atoms with Crippen molar-refractivity contribution < 1.29 is 9.53 Å². The van der Waals surface area contributed by atoms with E-state index < -0.39 is 5.60 Å². The van der Waals surface area contributed by atoms with Crippen molar-refractivity contribution in [3.8, 4) is 0 Å². The van der Waals surface area contributed by atoms with Crippen LogP contribution in [0.2, 0.25) is 0 Å². The molecule has 0 aromatic heterocycles. The molecule has 0 radical (unpaired) electrons. The second kappa shape index (κ2) is 4.97. The van der Waals surface area contributed by atoms with Crippen LogP contribution in [0.1, 0.15) is 47.5 Å². The summed E-state index contributed by atoms with van der Waals surface area (Å²) in [6, 6.07) is 0. The van der Waals surface area contributed by atoms with Crippen LogP contribution in [0.5, 0.6) is 0 Å². The summed E-state index contributed by atoms with van der Waals surface area (Å²) in [5, 5.41) is 0. The van der Waals surface area contributed by atoms with Crippen molar-refractivity contribution in [3.63, 3.8) is 0 Å². The maximum absolute atomic E-state index is 12.2. The fourth-order valence-corrected chi connectivity index (χ4v) is 2.42. The molecule has 0 unspecified atom stereocenters. The lowest BCUT2D eigenvalue weighted by Crippen LogP contribution is -2.50. The number of piperidine rings is 1. The first kappa shape index (κ1) is 14.5. The van der Waals surface area contributed by atoms with E-state index in [1.807, 2.05) is 18.7 Å². The average Bonchev–Trinajstić information content (AvgIpc) is 2.27. The zero-order chi connectivity index (χ0) is 13.3. The van der Waals surface area contributed by atoms with Crippen molar-refractivity contribution in [2.24, 2.45) is 11.3 Å². The van der Waals surface area contributed by atoms with Gasteiger partial charge in [-0.15, -0.1) is 0 Å². The van der Waals surface area contributed by atoms with Gasteiger partial charge in [0.1, 0.15) is 5.60 Å². The van der Waals surface area contributed by atoms with Gasteiger partial charge in [-0.3, -0.25) is 4.79 Å². The molecule has 3 heteroatoms. The minimum Gasteiger partial charge on any atom is -0.369 e. The normalized spacial score (nSPS) is 19.5. The minimum atomic E-state index is -0.686. The fourth-order valence-electron chi connectivity index (χ4n) is 2.42. The highest BCUT2D eigenvalue weighted by molar-refractivity contribution is 5.84. The summed E-state index contributed by atoms with van der Waals surface area (Å²) >= 11 is 0. The predicted octanol–water partition coefficient (Wildman–Crippen LogP) is 2.70. The van der Waals surface area contributed by atoms with Gasteiger partial charge in [-0.25, -0.2) is 0 Å². The molecule has 0 atom stereocenters. The molecule has 0 aliphatic carbocycles. The van der Waals surface area contributed by atoms with Crippen LogP contribution in [0.25, 0.3) is 0 Å². The Kier molecular flexibility index (Phi) is 4.23. The Hall–Kier alpha value is -0.570. The van der Waals surface area contributed by atoms with Crippen molar-refractivity contribution >= 4 is 5.91 Å². The summed E-state index contributed by atoms with van der Waals surface area (Å²) < 4.78 is 5.26. The van der Waals surface area contributed by atoms with Gasteiger partial charge in [-0.2, -0.15) is 0 Å². The van der Waals surface area contributed by atoms with Crippen LogP contribution in [0.15, 0.2) is 0 Å². The number of ether oxygens (including phenoxy) is 1. The quantitative estimate of drug-likeness (QED) is 0.744. The number of carbonyl (C=O) groups excluding carboxylic acids is 1. The molecular weight excluding hydrogens is 214 g/mol. The van der Waals surface area contributed by atoms with E-state index in [0.717, 1.165) is 31.8 Å². The molecule has 0 bridgehead atoms. The number of rotatable bonds is 2. The number of hydrogen-bond donors (Lipinski definition) is 0. The predicted molar refractivity (Wildman–Crippen MR) is 69.8 cm³/mol. The molecule has 1 rings (SSSR count). The molecule has 0 aromatic rings. The van der Waals surface area contributed by atoms with Gasteiger partial charge in [-0.1, -0.05) is 20.8 Å². The Balaban J connectivity index is 2.56. The molecule has 0 saturated carbocycles. The zero-order valence-corrected chi connectivity index (χ0v) is 12.2. The number of carbonyl (C=O) groups is 1. The molecule has 3 nitrogen and oxygen atoms in total. The molecule has 17 heavy (non-hydrogen) atoms. The van der Waals surface area contributed by atoms with Crippen LogP contribution >= 0.6 is 0 Å². The maximum Gasteiger partial charge on any atom is 0.254 e. The summed E-state index contributed by atoms with van der Waals surface area (Å²) in [6.45, 7) is 12.3. The zero-order valence-electron chi connectivity index (χ0n) is 12.2. The van der Waals surface area contributed by atoms with E-state index in [1.165, 1.54) is 0 Å². The third-order valence-corrected chi connectivity index (χ3v) is 4.03.